The van der Waals surface area contributed by atoms with E-state index in [1.54, 1.807) is 0 Å². The summed E-state index contributed by atoms with van der Waals surface area (Å²) in [6.45, 7) is 11.7. The normalized spacial score (nSPS) is 32.2. The minimum absolute atomic E-state index is 0.368. The van der Waals surface area contributed by atoms with Crippen molar-refractivity contribution in [2.75, 3.05) is 26.2 Å². The monoisotopic (exact) mass is 170 g/mol. The predicted molar refractivity (Wildman–Crippen MR) is 53.4 cm³/mol. The average Bonchev–Trinajstić information content (AvgIpc) is 2.05. The van der Waals surface area contributed by atoms with Gasteiger partial charge >= 0.3 is 0 Å². The predicted octanol–water partition coefficient (Wildman–Crippen LogP) is 1.47. The van der Waals surface area contributed by atoms with Gasteiger partial charge in [-0.3, -0.25) is 0 Å². The zero-order valence-corrected chi connectivity index (χ0v) is 8.69. The maximum absolute atomic E-state index is 3.59. The van der Waals surface area contributed by atoms with Crippen molar-refractivity contribution in [3.8, 4) is 0 Å². The lowest BCUT2D eigenvalue weighted by molar-refractivity contribution is 0.140. The summed E-state index contributed by atoms with van der Waals surface area (Å²) in [5.74, 6) is 0. The Morgan fingerprint density at radius 3 is 2.75 bits per heavy atom. The number of rotatable bonds is 3. The van der Waals surface area contributed by atoms with Crippen LogP contribution in [0.3, 0.4) is 0 Å². The van der Waals surface area contributed by atoms with Gasteiger partial charge in [0.2, 0.25) is 0 Å². The van der Waals surface area contributed by atoms with E-state index < -0.39 is 0 Å². The molecule has 0 aromatic rings. The second-order valence-corrected chi connectivity index (χ2v) is 4.12. The summed E-state index contributed by atoms with van der Waals surface area (Å²) < 4.78 is 0. The molecular weight excluding hydrogens is 148 g/mol. The Bertz CT molecular complexity index is 134. The van der Waals surface area contributed by atoms with E-state index in [9.17, 15) is 0 Å². The van der Waals surface area contributed by atoms with Crippen LogP contribution >= 0.6 is 0 Å². The molecule has 0 aromatic heterocycles. The molecule has 72 valence electrons. The molecule has 0 bridgehead atoms. The number of nitrogens with zero attached hydrogens (tertiary/aromatic N) is 1. The molecule has 1 atom stereocenters. The van der Waals surface area contributed by atoms with Crippen molar-refractivity contribution in [3.63, 3.8) is 0 Å². The van der Waals surface area contributed by atoms with E-state index in [0.717, 1.165) is 6.54 Å². The molecule has 0 aromatic carbocycles. The molecule has 2 nitrogen and oxygen atoms in total. The first-order chi connectivity index (χ1) is 5.70. The Labute approximate surface area is 76.3 Å². The zero-order valence-electron chi connectivity index (χ0n) is 8.69. The standard InChI is InChI=1S/C10H22N2/c1-4-7-12-8-6-11-10(3,5-2)9-12/h11H,4-9H2,1-3H3. The van der Waals surface area contributed by atoms with E-state index in [2.05, 4.69) is 31.0 Å². The molecule has 1 heterocycles. The highest BCUT2D eigenvalue weighted by atomic mass is 15.2. The van der Waals surface area contributed by atoms with Crippen LogP contribution in [0.15, 0.2) is 0 Å². The van der Waals surface area contributed by atoms with Gasteiger partial charge in [-0.15, -0.1) is 0 Å². The third kappa shape index (κ3) is 2.46. The molecule has 0 saturated carbocycles. The first kappa shape index (κ1) is 10.0. The Balaban J connectivity index is 2.39. The van der Waals surface area contributed by atoms with Gasteiger partial charge in [-0.25, -0.2) is 0 Å². The number of piperazine rings is 1. The maximum atomic E-state index is 3.59. The second-order valence-electron chi connectivity index (χ2n) is 4.12. The molecule has 1 rings (SSSR count). The van der Waals surface area contributed by atoms with Crippen molar-refractivity contribution in [2.45, 2.75) is 39.2 Å². The van der Waals surface area contributed by atoms with Gasteiger partial charge < -0.3 is 10.2 Å². The molecular formula is C10H22N2. The molecule has 1 fully saturated rings. The van der Waals surface area contributed by atoms with E-state index in [1.165, 1.54) is 32.5 Å². The van der Waals surface area contributed by atoms with Gasteiger partial charge in [-0.1, -0.05) is 13.8 Å². The van der Waals surface area contributed by atoms with Crippen molar-refractivity contribution in [3.05, 3.63) is 0 Å². The van der Waals surface area contributed by atoms with E-state index >= 15 is 0 Å². The fraction of sp³-hybridized carbons (Fsp3) is 1.00. The molecule has 2 heteroatoms. The van der Waals surface area contributed by atoms with Crippen molar-refractivity contribution in [1.82, 2.24) is 10.2 Å². The lowest BCUT2D eigenvalue weighted by Crippen LogP contribution is -2.58. The van der Waals surface area contributed by atoms with Crippen LogP contribution in [0.1, 0.15) is 33.6 Å². The quantitative estimate of drug-likeness (QED) is 0.690. The minimum atomic E-state index is 0.368. The second kappa shape index (κ2) is 4.24. The smallest absolute Gasteiger partial charge is 0.0278 e. The molecule has 12 heavy (non-hydrogen) atoms. The summed E-state index contributed by atoms with van der Waals surface area (Å²) in [6, 6.07) is 0. The van der Waals surface area contributed by atoms with Gasteiger partial charge in [-0.2, -0.15) is 0 Å². The van der Waals surface area contributed by atoms with Crippen molar-refractivity contribution >= 4 is 0 Å². The van der Waals surface area contributed by atoms with Gasteiger partial charge in [-0.05, 0) is 26.3 Å². The highest BCUT2D eigenvalue weighted by Gasteiger charge is 2.27. The first-order valence-corrected chi connectivity index (χ1v) is 5.17. The van der Waals surface area contributed by atoms with Crippen LogP contribution in [-0.4, -0.2) is 36.6 Å². The highest BCUT2D eigenvalue weighted by Crippen LogP contribution is 2.14. The molecule has 0 aliphatic carbocycles. The summed E-state index contributed by atoms with van der Waals surface area (Å²) >= 11 is 0. The Morgan fingerprint density at radius 2 is 2.17 bits per heavy atom. The molecule has 0 radical (unpaired) electrons. The number of nitrogens with one attached hydrogen (secondary N) is 1. The molecule has 0 spiro atoms. The average molecular weight is 170 g/mol. The molecule has 0 amide bonds. The van der Waals surface area contributed by atoms with E-state index in [4.69, 9.17) is 0 Å². The fourth-order valence-electron chi connectivity index (χ4n) is 1.89. The Kier molecular flexibility index (Phi) is 3.53. The molecule has 1 aliphatic heterocycles. The number of hydrogen-bond donors (Lipinski definition) is 1. The van der Waals surface area contributed by atoms with Gasteiger partial charge in [0.1, 0.15) is 0 Å². The Hall–Kier alpha value is -0.0800. The first-order valence-electron chi connectivity index (χ1n) is 5.17. The topological polar surface area (TPSA) is 15.3 Å². The summed E-state index contributed by atoms with van der Waals surface area (Å²) in [5.41, 5.74) is 0.368. The van der Waals surface area contributed by atoms with Gasteiger partial charge in [0.25, 0.3) is 0 Å². The van der Waals surface area contributed by atoms with Gasteiger partial charge in [0.05, 0.1) is 0 Å². The summed E-state index contributed by atoms with van der Waals surface area (Å²) in [7, 11) is 0. The third-order valence-electron chi connectivity index (χ3n) is 2.87. The highest BCUT2D eigenvalue weighted by molar-refractivity contribution is 4.89. The summed E-state index contributed by atoms with van der Waals surface area (Å²) in [6.07, 6.45) is 2.51. The van der Waals surface area contributed by atoms with Crippen LogP contribution in [0.4, 0.5) is 0 Å². The Morgan fingerprint density at radius 1 is 1.42 bits per heavy atom. The fourth-order valence-corrected chi connectivity index (χ4v) is 1.89. The van der Waals surface area contributed by atoms with E-state index in [1.807, 2.05) is 0 Å². The lowest BCUT2D eigenvalue weighted by atomic mass is 9.96. The van der Waals surface area contributed by atoms with Crippen molar-refractivity contribution in [1.29, 1.82) is 0 Å². The van der Waals surface area contributed by atoms with Crippen LogP contribution in [0.2, 0.25) is 0 Å². The zero-order chi connectivity index (χ0) is 9.03. The van der Waals surface area contributed by atoms with E-state index in [0.29, 0.717) is 5.54 Å². The largest absolute Gasteiger partial charge is 0.309 e. The molecule has 1 aliphatic rings. The van der Waals surface area contributed by atoms with Gasteiger partial charge in [0.15, 0.2) is 0 Å². The van der Waals surface area contributed by atoms with Crippen molar-refractivity contribution < 1.29 is 0 Å². The van der Waals surface area contributed by atoms with Crippen LogP contribution in [-0.2, 0) is 0 Å². The molecule has 1 N–H and O–H groups in total. The van der Waals surface area contributed by atoms with Crippen molar-refractivity contribution in [2.24, 2.45) is 0 Å². The molecule has 1 saturated heterocycles. The minimum Gasteiger partial charge on any atom is -0.309 e. The SMILES string of the molecule is CCCN1CCNC(C)(CC)C1. The third-order valence-corrected chi connectivity index (χ3v) is 2.87. The lowest BCUT2D eigenvalue weighted by Gasteiger charge is -2.41. The van der Waals surface area contributed by atoms with Crippen LogP contribution in [0.5, 0.6) is 0 Å². The maximum Gasteiger partial charge on any atom is 0.0278 e. The number of hydrogen-bond acceptors (Lipinski definition) is 2. The van der Waals surface area contributed by atoms with E-state index in [-0.39, 0.29) is 0 Å². The van der Waals surface area contributed by atoms with Crippen LogP contribution < -0.4 is 5.32 Å². The van der Waals surface area contributed by atoms with Crippen LogP contribution in [0.25, 0.3) is 0 Å². The summed E-state index contributed by atoms with van der Waals surface area (Å²) in [4.78, 5) is 2.57. The van der Waals surface area contributed by atoms with Gasteiger partial charge in [0, 0.05) is 25.2 Å². The van der Waals surface area contributed by atoms with Crippen LogP contribution in [0, 0.1) is 0 Å². The molecule has 1 unspecified atom stereocenters. The summed E-state index contributed by atoms with van der Waals surface area (Å²) in [5, 5.41) is 3.59.